The molecule has 4 rings (SSSR count). The molecule has 0 N–H and O–H groups in total. The van der Waals surface area contributed by atoms with Crippen molar-refractivity contribution in [1.82, 2.24) is 0 Å². The molecule has 0 aromatic heterocycles. The predicted octanol–water partition coefficient (Wildman–Crippen LogP) is 7.06. The molecule has 2 aliphatic rings. The molecule has 0 unspecified atom stereocenters. The Morgan fingerprint density at radius 2 is 1.67 bits per heavy atom. The Morgan fingerprint density at radius 1 is 0.917 bits per heavy atom. The van der Waals surface area contributed by atoms with Gasteiger partial charge < -0.3 is 0 Å². The van der Waals surface area contributed by atoms with E-state index in [4.69, 9.17) is 0 Å². The van der Waals surface area contributed by atoms with Crippen LogP contribution in [-0.2, 0) is 6.42 Å². The average Bonchev–Trinajstić information content (AvgIpc) is 3.08. The van der Waals surface area contributed by atoms with Crippen LogP contribution in [0.2, 0.25) is 0 Å². The molecule has 0 aliphatic heterocycles. The highest BCUT2D eigenvalue weighted by molar-refractivity contribution is 5.81. The third-order valence-electron chi connectivity index (χ3n) is 6.10. The van der Waals surface area contributed by atoms with Crippen molar-refractivity contribution in [2.45, 2.75) is 64.7 Å². The Balaban J connectivity index is 1.67. The van der Waals surface area contributed by atoms with Crippen LogP contribution in [0.1, 0.15) is 73.6 Å². The molecule has 24 heavy (non-hydrogen) atoms. The normalized spacial score (nSPS) is 17.7. The van der Waals surface area contributed by atoms with Gasteiger partial charge in [0.05, 0.1) is 0 Å². The maximum Gasteiger partial charge on any atom is -0.00551 e. The van der Waals surface area contributed by atoms with E-state index in [-0.39, 0.29) is 0 Å². The van der Waals surface area contributed by atoms with Gasteiger partial charge in [0.2, 0.25) is 0 Å². The number of allylic oxidation sites excluding steroid dienone is 1. The van der Waals surface area contributed by atoms with E-state index in [1.807, 2.05) is 0 Å². The molecule has 0 spiro atoms. The summed E-state index contributed by atoms with van der Waals surface area (Å²) in [6.45, 7) is 4.52. The minimum Gasteiger partial charge on any atom is -0.0654 e. The molecule has 0 heteroatoms. The highest BCUT2D eigenvalue weighted by atomic mass is 14.2. The Bertz CT molecular complexity index is 755. The van der Waals surface area contributed by atoms with Gasteiger partial charge in [0.25, 0.3) is 0 Å². The Labute approximate surface area is 146 Å². The first kappa shape index (κ1) is 15.7. The van der Waals surface area contributed by atoms with E-state index in [1.54, 1.807) is 16.7 Å². The van der Waals surface area contributed by atoms with Gasteiger partial charge in [-0.25, -0.2) is 0 Å². The summed E-state index contributed by atoms with van der Waals surface area (Å²) < 4.78 is 0. The van der Waals surface area contributed by atoms with Crippen molar-refractivity contribution < 1.29 is 0 Å². The van der Waals surface area contributed by atoms with Crippen molar-refractivity contribution in [2.75, 3.05) is 0 Å². The van der Waals surface area contributed by atoms with Crippen LogP contribution in [0.5, 0.6) is 0 Å². The highest BCUT2D eigenvalue weighted by Crippen LogP contribution is 2.38. The van der Waals surface area contributed by atoms with E-state index in [1.165, 1.54) is 54.4 Å². The summed E-state index contributed by atoms with van der Waals surface area (Å²) in [5.74, 6) is 0.795. The maximum atomic E-state index is 2.44. The molecule has 1 saturated carbocycles. The van der Waals surface area contributed by atoms with Crippen LogP contribution in [0, 0.1) is 6.92 Å². The fourth-order valence-corrected chi connectivity index (χ4v) is 4.50. The van der Waals surface area contributed by atoms with E-state index in [0.717, 1.165) is 18.8 Å². The van der Waals surface area contributed by atoms with Crippen molar-refractivity contribution in [3.05, 3.63) is 64.2 Å². The number of hydrogen-bond donors (Lipinski definition) is 0. The highest BCUT2D eigenvalue weighted by Gasteiger charge is 2.19. The predicted molar refractivity (Wildman–Crippen MR) is 104 cm³/mol. The third-order valence-corrected chi connectivity index (χ3v) is 6.10. The lowest BCUT2D eigenvalue weighted by atomic mass is 9.83. The molecule has 0 saturated heterocycles. The third kappa shape index (κ3) is 2.83. The summed E-state index contributed by atoms with van der Waals surface area (Å²) in [5, 5.41) is 0. The SMILES string of the molecule is CCC1=Cc2c(-c3ccc(C4CCCCC4)cc3)ccc(C)c2C1. The zero-order chi connectivity index (χ0) is 16.5. The Hall–Kier alpha value is -1.82. The van der Waals surface area contributed by atoms with Crippen LogP contribution < -0.4 is 0 Å². The molecule has 0 atom stereocenters. The molecule has 0 bridgehead atoms. The second-order valence-electron chi connectivity index (χ2n) is 7.61. The van der Waals surface area contributed by atoms with Gasteiger partial charge in [-0.1, -0.05) is 74.2 Å². The van der Waals surface area contributed by atoms with Gasteiger partial charge in [-0.2, -0.15) is 0 Å². The lowest BCUT2D eigenvalue weighted by Crippen LogP contribution is -2.04. The molecule has 2 aliphatic carbocycles. The van der Waals surface area contributed by atoms with E-state index in [9.17, 15) is 0 Å². The minimum absolute atomic E-state index is 0.795. The number of rotatable bonds is 3. The van der Waals surface area contributed by atoms with Crippen LogP contribution in [0.3, 0.4) is 0 Å². The zero-order valence-electron chi connectivity index (χ0n) is 15.1. The molecule has 124 valence electrons. The summed E-state index contributed by atoms with van der Waals surface area (Å²) >= 11 is 0. The summed E-state index contributed by atoms with van der Waals surface area (Å²) in [5.41, 5.74) is 10.4. The summed E-state index contributed by atoms with van der Waals surface area (Å²) in [6, 6.07) is 14.1. The van der Waals surface area contributed by atoms with Crippen LogP contribution in [0.4, 0.5) is 0 Å². The molecule has 0 nitrogen and oxygen atoms in total. The van der Waals surface area contributed by atoms with E-state index in [2.05, 4.69) is 56.3 Å². The largest absolute Gasteiger partial charge is 0.0654 e. The summed E-state index contributed by atoms with van der Waals surface area (Å²) in [6.07, 6.45) is 11.7. The first-order valence-electron chi connectivity index (χ1n) is 9.68. The smallest absolute Gasteiger partial charge is 0.00551 e. The zero-order valence-corrected chi connectivity index (χ0v) is 15.1. The van der Waals surface area contributed by atoms with Crippen LogP contribution in [0.25, 0.3) is 17.2 Å². The van der Waals surface area contributed by atoms with Gasteiger partial charge >= 0.3 is 0 Å². The van der Waals surface area contributed by atoms with Gasteiger partial charge in [-0.05, 0) is 71.9 Å². The standard InChI is InChI=1S/C24H28/c1-3-18-15-23-17(2)9-14-22(24(23)16-18)21-12-10-20(11-13-21)19-7-5-4-6-8-19/h9-14,16,19H,3-8,15H2,1-2H3. The van der Waals surface area contributed by atoms with Gasteiger partial charge in [0.15, 0.2) is 0 Å². The van der Waals surface area contributed by atoms with Crippen molar-refractivity contribution in [2.24, 2.45) is 0 Å². The van der Waals surface area contributed by atoms with Crippen molar-refractivity contribution in [3.8, 4) is 11.1 Å². The van der Waals surface area contributed by atoms with E-state index >= 15 is 0 Å². The topological polar surface area (TPSA) is 0 Å². The molecule has 0 heterocycles. The molecule has 0 amide bonds. The fourth-order valence-electron chi connectivity index (χ4n) is 4.50. The monoisotopic (exact) mass is 316 g/mol. The fraction of sp³-hybridized carbons (Fsp3) is 0.417. The quantitative estimate of drug-likeness (QED) is 0.568. The minimum atomic E-state index is 0.795. The summed E-state index contributed by atoms with van der Waals surface area (Å²) in [4.78, 5) is 0. The molecule has 1 fully saturated rings. The molecular weight excluding hydrogens is 288 g/mol. The van der Waals surface area contributed by atoms with Crippen molar-refractivity contribution in [1.29, 1.82) is 0 Å². The molecule has 2 aromatic carbocycles. The Morgan fingerprint density at radius 3 is 2.38 bits per heavy atom. The number of benzene rings is 2. The van der Waals surface area contributed by atoms with Gasteiger partial charge in [0.1, 0.15) is 0 Å². The Kier molecular flexibility index (Phi) is 4.31. The molecular formula is C24H28. The lowest BCUT2D eigenvalue weighted by molar-refractivity contribution is 0.443. The van der Waals surface area contributed by atoms with Gasteiger partial charge in [0, 0.05) is 0 Å². The first-order chi connectivity index (χ1) is 11.8. The number of hydrogen-bond acceptors (Lipinski definition) is 0. The molecule has 2 aromatic rings. The van der Waals surface area contributed by atoms with E-state index < -0.39 is 0 Å². The van der Waals surface area contributed by atoms with E-state index in [0.29, 0.717) is 0 Å². The second-order valence-corrected chi connectivity index (χ2v) is 7.61. The van der Waals surface area contributed by atoms with Crippen molar-refractivity contribution in [3.63, 3.8) is 0 Å². The van der Waals surface area contributed by atoms with Crippen molar-refractivity contribution >= 4 is 6.08 Å². The van der Waals surface area contributed by atoms with Crippen LogP contribution >= 0.6 is 0 Å². The van der Waals surface area contributed by atoms with Crippen LogP contribution in [0.15, 0.2) is 42.0 Å². The second kappa shape index (κ2) is 6.59. The number of aryl methyl sites for hydroxylation is 1. The molecule has 0 radical (unpaired) electrons. The summed E-state index contributed by atoms with van der Waals surface area (Å²) in [7, 11) is 0. The lowest BCUT2D eigenvalue weighted by Gasteiger charge is -2.22. The number of fused-ring (bicyclic) bond motifs is 1. The average molecular weight is 316 g/mol. The first-order valence-corrected chi connectivity index (χ1v) is 9.68. The van der Waals surface area contributed by atoms with Gasteiger partial charge in [-0.15, -0.1) is 0 Å². The maximum absolute atomic E-state index is 2.44. The van der Waals surface area contributed by atoms with Gasteiger partial charge in [-0.3, -0.25) is 0 Å². The van der Waals surface area contributed by atoms with Crippen LogP contribution in [-0.4, -0.2) is 0 Å².